The molecule has 238 valence electrons. The summed E-state index contributed by atoms with van der Waals surface area (Å²) in [7, 11) is 4.34. The van der Waals surface area contributed by atoms with Crippen molar-refractivity contribution in [3.63, 3.8) is 0 Å². The number of carbonyl (C=O) groups excluding carboxylic acids is 3. The number of tetrazole rings is 1. The van der Waals surface area contributed by atoms with Crippen molar-refractivity contribution in [3.8, 4) is 0 Å². The molecule has 14 nitrogen and oxygen atoms in total. The molecule has 2 aliphatic rings. The maximum Gasteiger partial charge on any atom is 0.336 e. The van der Waals surface area contributed by atoms with Crippen molar-refractivity contribution in [3.05, 3.63) is 62.2 Å². The number of nitrogens with one attached hydrogen (secondary N) is 2. The maximum atomic E-state index is 13.7. The van der Waals surface area contributed by atoms with E-state index in [1.807, 2.05) is 0 Å². The number of allylic oxidation sites excluding steroid dienone is 1. The van der Waals surface area contributed by atoms with Gasteiger partial charge in [0.25, 0.3) is 0 Å². The van der Waals surface area contributed by atoms with Gasteiger partial charge in [-0.25, -0.2) is 19.1 Å². The minimum absolute atomic E-state index is 0.0738. The second kappa shape index (κ2) is 14.8. The first kappa shape index (κ1) is 33.2. The number of aromatic nitrogens is 4. The molecule has 0 spiro atoms. The number of halogens is 2. The van der Waals surface area contributed by atoms with E-state index >= 15 is 0 Å². The van der Waals surface area contributed by atoms with Crippen molar-refractivity contribution in [1.29, 1.82) is 0 Å². The minimum atomic E-state index is -1.01. The molecule has 0 bridgehead atoms. The molecule has 2 amide bonds. The first-order chi connectivity index (χ1) is 21.2. The normalized spacial score (nSPS) is 18.2. The standard InChI is InChI=1S/C28H36Cl2N8O6/c1-6-44-27(40)21-20(17-8-7-9-18(29)22(17)30)19(26(39)43-5)16(2)32-23(21)24(42-4)25-33-34-35-38(25)15-12-36-10-13-37(14-11-36)28(41)31-3/h7-9,20,24,32H,6,10-15H2,1-5H3,(H,31,41). The van der Waals surface area contributed by atoms with Crippen LogP contribution in [0.3, 0.4) is 0 Å². The molecule has 1 aromatic carbocycles. The average Bonchev–Trinajstić information content (AvgIpc) is 3.49. The molecule has 4 rings (SSSR count). The van der Waals surface area contributed by atoms with E-state index in [0.29, 0.717) is 56.4 Å². The van der Waals surface area contributed by atoms with Gasteiger partial charge in [-0.2, -0.15) is 0 Å². The molecule has 0 aliphatic carbocycles. The van der Waals surface area contributed by atoms with Crippen molar-refractivity contribution in [1.82, 2.24) is 40.6 Å². The number of benzene rings is 1. The van der Waals surface area contributed by atoms with Crippen LogP contribution < -0.4 is 10.6 Å². The van der Waals surface area contributed by atoms with E-state index in [0.717, 1.165) is 0 Å². The van der Waals surface area contributed by atoms with E-state index < -0.39 is 24.0 Å². The number of urea groups is 1. The number of amides is 2. The van der Waals surface area contributed by atoms with Gasteiger partial charge in [0.15, 0.2) is 11.9 Å². The fraction of sp³-hybridized carbons (Fsp3) is 0.500. The van der Waals surface area contributed by atoms with Crippen molar-refractivity contribution in [2.75, 3.05) is 60.6 Å². The fourth-order valence-electron chi connectivity index (χ4n) is 5.41. The average molecular weight is 652 g/mol. The van der Waals surface area contributed by atoms with E-state index in [9.17, 15) is 14.4 Å². The lowest BCUT2D eigenvalue weighted by Gasteiger charge is -2.35. The molecule has 16 heteroatoms. The highest BCUT2D eigenvalue weighted by Gasteiger charge is 2.43. The van der Waals surface area contributed by atoms with Crippen molar-refractivity contribution in [2.24, 2.45) is 0 Å². The third kappa shape index (κ3) is 6.83. The van der Waals surface area contributed by atoms with E-state index in [4.69, 9.17) is 37.4 Å². The van der Waals surface area contributed by atoms with Gasteiger partial charge in [0, 0.05) is 52.6 Å². The van der Waals surface area contributed by atoms with Crippen LogP contribution in [0.2, 0.25) is 10.0 Å². The first-order valence-corrected chi connectivity index (χ1v) is 14.8. The Balaban J connectivity index is 1.74. The Kier molecular flexibility index (Phi) is 11.2. The van der Waals surface area contributed by atoms with Crippen molar-refractivity contribution in [2.45, 2.75) is 32.4 Å². The first-order valence-electron chi connectivity index (χ1n) is 14.1. The zero-order chi connectivity index (χ0) is 32.0. The maximum absolute atomic E-state index is 13.7. The summed E-state index contributed by atoms with van der Waals surface area (Å²) in [6, 6.07) is 4.88. The van der Waals surface area contributed by atoms with Gasteiger partial charge in [-0.3, -0.25) is 4.90 Å². The van der Waals surface area contributed by atoms with Gasteiger partial charge in [-0.15, -0.1) is 5.10 Å². The molecule has 2 N–H and O–H groups in total. The summed E-state index contributed by atoms with van der Waals surface area (Å²) in [5.74, 6) is -2.04. The quantitative estimate of drug-likeness (QED) is 0.364. The number of nitrogens with zero attached hydrogens (tertiary/aromatic N) is 6. The van der Waals surface area contributed by atoms with Gasteiger partial charge in [0.1, 0.15) is 0 Å². The number of methoxy groups -OCH3 is 2. The molecule has 2 unspecified atom stereocenters. The molecule has 0 radical (unpaired) electrons. The Hall–Kier alpha value is -3.72. The summed E-state index contributed by atoms with van der Waals surface area (Å²) in [6.45, 7) is 7.06. The van der Waals surface area contributed by atoms with E-state index in [2.05, 4.69) is 31.1 Å². The third-order valence-electron chi connectivity index (χ3n) is 7.58. The number of hydrogen-bond acceptors (Lipinski definition) is 11. The summed E-state index contributed by atoms with van der Waals surface area (Å²) < 4.78 is 18.1. The Labute approximate surface area is 265 Å². The molecule has 0 saturated carbocycles. The van der Waals surface area contributed by atoms with Crippen LogP contribution in [0.5, 0.6) is 0 Å². The van der Waals surface area contributed by atoms with Gasteiger partial charge >= 0.3 is 18.0 Å². The van der Waals surface area contributed by atoms with Gasteiger partial charge in [-0.1, -0.05) is 35.3 Å². The predicted molar refractivity (Wildman–Crippen MR) is 161 cm³/mol. The fourth-order valence-corrected chi connectivity index (χ4v) is 5.83. The molecule has 1 aromatic heterocycles. The van der Waals surface area contributed by atoms with E-state index in [1.54, 1.807) is 48.7 Å². The molecular weight excluding hydrogens is 615 g/mol. The van der Waals surface area contributed by atoms with Gasteiger partial charge in [0.05, 0.1) is 53.1 Å². The van der Waals surface area contributed by atoms with E-state index in [-0.39, 0.29) is 39.5 Å². The van der Waals surface area contributed by atoms with Gasteiger partial charge < -0.3 is 29.7 Å². The molecule has 1 fully saturated rings. The SMILES string of the molecule is CCOC(=O)C1=C(C(OC)c2nnnn2CCN2CCN(C(=O)NC)CC2)NC(C)=C(C(=O)OC)C1c1cccc(Cl)c1Cl. The van der Waals surface area contributed by atoms with Crippen LogP contribution in [0.25, 0.3) is 0 Å². The van der Waals surface area contributed by atoms with Gasteiger partial charge in [0.2, 0.25) is 0 Å². The highest BCUT2D eigenvalue weighted by molar-refractivity contribution is 6.42. The highest BCUT2D eigenvalue weighted by Crippen LogP contribution is 2.45. The molecule has 44 heavy (non-hydrogen) atoms. The predicted octanol–water partition coefficient (Wildman–Crippen LogP) is 2.28. The summed E-state index contributed by atoms with van der Waals surface area (Å²) >= 11 is 13.1. The summed E-state index contributed by atoms with van der Waals surface area (Å²) in [5, 5.41) is 18.6. The lowest BCUT2D eigenvalue weighted by atomic mass is 9.79. The summed E-state index contributed by atoms with van der Waals surface area (Å²) in [6.07, 6.45) is -0.968. The van der Waals surface area contributed by atoms with Crippen LogP contribution in [-0.2, 0) is 30.3 Å². The number of esters is 2. The highest BCUT2D eigenvalue weighted by atomic mass is 35.5. The Morgan fingerprint density at radius 2 is 1.82 bits per heavy atom. The van der Waals surface area contributed by atoms with Crippen molar-refractivity contribution >= 4 is 41.2 Å². The third-order valence-corrected chi connectivity index (χ3v) is 8.41. The lowest BCUT2D eigenvalue weighted by molar-refractivity contribution is -0.139. The van der Waals surface area contributed by atoms with E-state index in [1.165, 1.54) is 14.2 Å². The largest absolute Gasteiger partial charge is 0.466 e. The molecular formula is C28H36Cl2N8O6. The van der Waals surface area contributed by atoms with Crippen molar-refractivity contribution < 1.29 is 28.6 Å². The molecule has 2 aromatic rings. The summed E-state index contributed by atoms with van der Waals surface area (Å²) in [4.78, 5) is 42.8. The van der Waals surface area contributed by atoms with Crippen LogP contribution in [-0.4, -0.2) is 109 Å². The van der Waals surface area contributed by atoms with Crippen LogP contribution in [0.15, 0.2) is 40.7 Å². The molecule has 1 saturated heterocycles. The molecule has 3 heterocycles. The molecule has 2 aliphatic heterocycles. The van der Waals surface area contributed by atoms with Crippen LogP contribution in [0.1, 0.15) is 37.3 Å². The number of ether oxygens (including phenoxy) is 3. The zero-order valence-corrected chi connectivity index (χ0v) is 26.7. The second-order valence-corrected chi connectivity index (χ2v) is 10.8. The lowest BCUT2D eigenvalue weighted by Crippen LogP contribution is -2.51. The number of dihydropyridines is 1. The second-order valence-electron chi connectivity index (χ2n) is 10.0. The number of rotatable bonds is 10. The Morgan fingerprint density at radius 1 is 1.09 bits per heavy atom. The topological polar surface area (TPSA) is 153 Å². The van der Waals surface area contributed by atoms with Crippen LogP contribution in [0, 0.1) is 0 Å². The number of carbonyl (C=O) groups is 3. The monoisotopic (exact) mass is 650 g/mol. The van der Waals surface area contributed by atoms with Crippen LogP contribution >= 0.6 is 23.2 Å². The number of piperazine rings is 1. The smallest absolute Gasteiger partial charge is 0.336 e. The zero-order valence-electron chi connectivity index (χ0n) is 25.2. The number of hydrogen-bond donors (Lipinski definition) is 2. The molecule has 2 atom stereocenters. The van der Waals surface area contributed by atoms with Gasteiger partial charge in [-0.05, 0) is 35.9 Å². The minimum Gasteiger partial charge on any atom is -0.466 e. The Bertz CT molecular complexity index is 1450. The summed E-state index contributed by atoms with van der Waals surface area (Å²) in [5.41, 5.74) is 1.34. The van der Waals surface area contributed by atoms with Crippen LogP contribution in [0.4, 0.5) is 4.79 Å². The Morgan fingerprint density at radius 3 is 2.45 bits per heavy atom.